The fourth-order valence-corrected chi connectivity index (χ4v) is 1.92. The predicted molar refractivity (Wildman–Crippen MR) is 55.0 cm³/mol. The minimum Gasteiger partial charge on any atom is -0.390 e. The van der Waals surface area contributed by atoms with E-state index in [4.69, 9.17) is 5.11 Å². The molecule has 1 aliphatic rings. The summed E-state index contributed by atoms with van der Waals surface area (Å²) in [4.78, 5) is 4.42. The summed E-state index contributed by atoms with van der Waals surface area (Å²) in [5.41, 5.74) is 1.89. The summed E-state index contributed by atoms with van der Waals surface area (Å²) in [5, 5.41) is 12.4. The van der Waals surface area contributed by atoms with E-state index < -0.39 is 0 Å². The summed E-state index contributed by atoms with van der Waals surface area (Å²) in [7, 11) is 0. The van der Waals surface area contributed by atoms with Gasteiger partial charge in [0.2, 0.25) is 0 Å². The number of aromatic nitrogens is 1. The van der Waals surface area contributed by atoms with Crippen LogP contribution < -0.4 is 5.32 Å². The molecule has 3 nitrogen and oxygen atoms in total. The monoisotopic (exact) mass is 192 g/mol. The zero-order chi connectivity index (χ0) is 9.80. The number of hydrogen-bond donors (Lipinski definition) is 2. The van der Waals surface area contributed by atoms with Gasteiger partial charge in [0.15, 0.2) is 0 Å². The minimum absolute atomic E-state index is 0.0357. The van der Waals surface area contributed by atoms with Gasteiger partial charge >= 0.3 is 0 Å². The first-order valence-electron chi connectivity index (χ1n) is 5.17. The van der Waals surface area contributed by atoms with Gasteiger partial charge in [0.05, 0.1) is 12.3 Å². The summed E-state index contributed by atoms with van der Waals surface area (Å²) in [6, 6.07) is 5.89. The molecule has 0 spiro atoms. The van der Waals surface area contributed by atoms with Gasteiger partial charge in [0.25, 0.3) is 0 Å². The topological polar surface area (TPSA) is 45.1 Å². The molecule has 76 valence electrons. The Morgan fingerprint density at radius 1 is 1.50 bits per heavy atom. The van der Waals surface area contributed by atoms with E-state index in [0.717, 1.165) is 24.5 Å². The molecule has 1 saturated heterocycles. The summed E-state index contributed by atoms with van der Waals surface area (Å²) in [6.45, 7) is 2.17. The first kappa shape index (κ1) is 9.62. The second kappa shape index (κ2) is 4.53. The maximum absolute atomic E-state index is 8.98. The van der Waals surface area contributed by atoms with E-state index in [-0.39, 0.29) is 6.61 Å². The van der Waals surface area contributed by atoms with E-state index >= 15 is 0 Å². The van der Waals surface area contributed by atoms with Crippen LogP contribution in [0.2, 0.25) is 0 Å². The van der Waals surface area contributed by atoms with E-state index in [1.807, 2.05) is 12.1 Å². The Bertz CT molecular complexity index is 295. The third kappa shape index (κ3) is 2.11. The van der Waals surface area contributed by atoms with Gasteiger partial charge in [-0.25, -0.2) is 0 Å². The van der Waals surface area contributed by atoms with Gasteiger partial charge in [0, 0.05) is 18.2 Å². The SMILES string of the molecule is OCc1cccc(C2CCCNC2)n1. The molecule has 3 heteroatoms. The number of nitrogens with one attached hydrogen (secondary N) is 1. The molecule has 1 unspecified atom stereocenters. The molecule has 1 fully saturated rings. The number of hydrogen-bond acceptors (Lipinski definition) is 3. The number of piperidine rings is 1. The van der Waals surface area contributed by atoms with Crippen LogP contribution in [0.4, 0.5) is 0 Å². The van der Waals surface area contributed by atoms with Gasteiger partial charge in [0.1, 0.15) is 0 Å². The molecule has 1 atom stereocenters. The maximum atomic E-state index is 8.98. The molecule has 1 aliphatic heterocycles. The van der Waals surface area contributed by atoms with Crippen molar-refractivity contribution in [1.29, 1.82) is 0 Å². The van der Waals surface area contributed by atoms with Crippen LogP contribution in [-0.2, 0) is 6.61 Å². The van der Waals surface area contributed by atoms with Crippen molar-refractivity contribution < 1.29 is 5.11 Å². The Kier molecular flexibility index (Phi) is 3.11. The van der Waals surface area contributed by atoms with Crippen molar-refractivity contribution in [2.75, 3.05) is 13.1 Å². The predicted octanol–water partition coefficient (Wildman–Crippen LogP) is 1.04. The van der Waals surface area contributed by atoms with Gasteiger partial charge in [-0.15, -0.1) is 0 Å². The molecule has 1 aromatic heterocycles. The van der Waals surface area contributed by atoms with Crippen LogP contribution in [0.5, 0.6) is 0 Å². The van der Waals surface area contributed by atoms with Crippen LogP contribution in [0.3, 0.4) is 0 Å². The molecule has 0 bridgehead atoms. The summed E-state index contributed by atoms with van der Waals surface area (Å²) >= 11 is 0. The molecule has 2 heterocycles. The minimum atomic E-state index is 0.0357. The highest BCUT2D eigenvalue weighted by atomic mass is 16.3. The molecule has 14 heavy (non-hydrogen) atoms. The third-order valence-electron chi connectivity index (χ3n) is 2.71. The zero-order valence-corrected chi connectivity index (χ0v) is 8.24. The second-order valence-electron chi connectivity index (χ2n) is 3.76. The largest absolute Gasteiger partial charge is 0.390 e. The highest BCUT2D eigenvalue weighted by Crippen LogP contribution is 2.21. The zero-order valence-electron chi connectivity index (χ0n) is 8.24. The Hall–Kier alpha value is -0.930. The Labute approximate surface area is 84.2 Å². The lowest BCUT2D eigenvalue weighted by molar-refractivity contribution is 0.276. The molecule has 2 N–H and O–H groups in total. The summed E-state index contributed by atoms with van der Waals surface area (Å²) in [6.07, 6.45) is 2.42. The normalized spacial score (nSPS) is 22.2. The fraction of sp³-hybridized carbons (Fsp3) is 0.545. The molecule has 0 saturated carbocycles. The van der Waals surface area contributed by atoms with Crippen LogP contribution in [0.1, 0.15) is 30.1 Å². The van der Waals surface area contributed by atoms with Crippen molar-refractivity contribution in [3.63, 3.8) is 0 Å². The van der Waals surface area contributed by atoms with Crippen molar-refractivity contribution in [2.24, 2.45) is 0 Å². The van der Waals surface area contributed by atoms with E-state index in [2.05, 4.69) is 16.4 Å². The first-order valence-corrected chi connectivity index (χ1v) is 5.17. The Balaban J connectivity index is 2.13. The molecule has 0 amide bonds. The molecule has 1 aromatic rings. The fourth-order valence-electron chi connectivity index (χ4n) is 1.92. The smallest absolute Gasteiger partial charge is 0.0853 e. The average Bonchev–Trinajstić information content (AvgIpc) is 2.30. The molecular formula is C11H16N2O. The van der Waals surface area contributed by atoms with Crippen molar-refractivity contribution in [3.8, 4) is 0 Å². The number of aliphatic hydroxyl groups excluding tert-OH is 1. The van der Waals surface area contributed by atoms with E-state index in [1.165, 1.54) is 12.8 Å². The van der Waals surface area contributed by atoms with Crippen LogP contribution >= 0.6 is 0 Å². The number of aliphatic hydroxyl groups is 1. The van der Waals surface area contributed by atoms with Crippen molar-refractivity contribution in [1.82, 2.24) is 10.3 Å². The van der Waals surface area contributed by atoms with Gasteiger partial charge in [-0.1, -0.05) is 6.07 Å². The molecule has 2 rings (SSSR count). The maximum Gasteiger partial charge on any atom is 0.0853 e. The Morgan fingerprint density at radius 2 is 2.43 bits per heavy atom. The summed E-state index contributed by atoms with van der Waals surface area (Å²) < 4.78 is 0. The molecular weight excluding hydrogens is 176 g/mol. The van der Waals surface area contributed by atoms with Crippen molar-refractivity contribution in [2.45, 2.75) is 25.4 Å². The van der Waals surface area contributed by atoms with Crippen LogP contribution in [0, 0.1) is 0 Å². The van der Waals surface area contributed by atoms with E-state index in [9.17, 15) is 0 Å². The summed E-state index contributed by atoms with van der Waals surface area (Å²) in [5.74, 6) is 0.523. The number of pyridine rings is 1. The van der Waals surface area contributed by atoms with Gasteiger partial charge in [-0.05, 0) is 31.5 Å². The molecule has 0 aromatic carbocycles. The number of rotatable bonds is 2. The highest BCUT2D eigenvalue weighted by molar-refractivity contribution is 5.15. The third-order valence-corrected chi connectivity index (χ3v) is 2.71. The van der Waals surface area contributed by atoms with E-state index in [1.54, 1.807) is 0 Å². The average molecular weight is 192 g/mol. The van der Waals surface area contributed by atoms with Crippen molar-refractivity contribution in [3.05, 3.63) is 29.6 Å². The lowest BCUT2D eigenvalue weighted by atomic mass is 9.95. The lowest BCUT2D eigenvalue weighted by Crippen LogP contribution is -2.28. The van der Waals surface area contributed by atoms with Crippen LogP contribution in [0.15, 0.2) is 18.2 Å². The second-order valence-corrected chi connectivity index (χ2v) is 3.76. The lowest BCUT2D eigenvalue weighted by Gasteiger charge is -2.22. The quantitative estimate of drug-likeness (QED) is 0.736. The Morgan fingerprint density at radius 3 is 3.14 bits per heavy atom. The first-order chi connectivity index (χ1) is 6.90. The molecule has 0 radical (unpaired) electrons. The highest BCUT2D eigenvalue weighted by Gasteiger charge is 2.16. The molecule has 0 aliphatic carbocycles. The van der Waals surface area contributed by atoms with E-state index in [0.29, 0.717) is 5.92 Å². The van der Waals surface area contributed by atoms with Crippen molar-refractivity contribution >= 4 is 0 Å². The van der Waals surface area contributed by atoms with Crippen LogP contribution in [-0.4, -0.2) is 23.2 Å². The number of nitrogens with zero attached hydrogens (tertiary/aromatic N) is 1. The van der Waals surface area contributed by atoms with Gasteiger partial charge < -0.3 is 10.4 Å². The standard InChI is InChI=1S/C11H16N2O/c14-8-10-4-1-5-11(13-10)9-3-2-6-12-7-9/h1,4-5,9,12,14H,2-3,6-8H2. The van der Waals surface area contributed by atoms with Gasteiger partial charge in [-0.3, -0.25) is 4.98 Å². The van der Waals surface area contributed by atoms with Crippen LogP contribution in [0.25, 0.3) is 0 Å². The van der Waals surface area contributed by atoms with Gasteiger partial charge in [-0.2, -0.15) is 0 Å².